The molecular formula is C23H21ClN2O. The zero-order chi connectivity index (χ0) is 18.6. The van der Waals surface area contributed by atoms with Crippen LogP contribution in [0.25, 0.3) is 22.4 Å². The molecule has 0 N–H and O–H groups in total. The number of imidazole rings is 1. The monoisotopic (exact) mass is 376 g/mol. The molecule has 4 heteroatoms. The number of hydrogen-bond acceptors (Lipinski definition) is 2. The minimum absolute atomic E-state index is 0.652. The lowest BCUT2D eigenvalue weighted by molar-refractivity contribution is 0.301. The van der Waals surface area contributed by atoms with E-state index in [0.717, 1.165) is 46.7 Å². The molecular weight excluding hydrogens is 356 g/mol. The van der Waals surface area contributed by atoms with Gasteiger partial charge in [-0.15, -0.1) is 0 Å². The molecule has 1 aromatic heterocycles. The van der Waals surface area contributed by atoms with Gasteiger partial charge in [-0.1, -0.05) is 54.1 Å². The van der Waals surface area contributed by atoms with Gasteiger partial charge in [0.25, 0.3) is 0 Å². The maximum atomic E-state index is 6.44. The van der Waals surface area contributed by atoms with Crippen molar-refractivity contribution in [1.29, 1.82) is 0 Å². The third kappa shape index (κ3) is 3.69. The highest BCUT2D eigenvalue weighted by Crippen LogP contribution is 2.30. The highest BCUT2D eigenvalue weighted by molar-refractivity contribution is 6.33. The Bertz CT molecular complexity index is 1070. The molecule has 4 rings (SSSR count). The molecule has 136 valence electrons. The molecule has 0 amide bonds. The van der Waals surface area contributed by atoms with E-state index >= 15 is 0 Å². The van der Waals surface area contributed by atoms with Crippen molar-refractivity contribution in [2.45, 2.75) is 19.9 Å². The summed E-state index contributed by atoms with van der Waals surface area (Å²) in [4.78, 5) is 4.83. The van der Waals surface area contributed by atoms with E-state index in [1.54, 1.807) is 0 Å². The molecule has 0 unspecified atom stereocenters. The third-order valence-electron chi connectivity index (χ3n) is 4.65. The minimum atomic E-state index is 0.652. The van der Waals surface area contributed by atoms with E-state index in [2.05, 4.69) is 23.6 Å². The molecule has 0 aliphatic rings. The number of aromatic nitrogens is 2. The second-order valence-electron chi connectivity index (χ2n) is 6.52. The summed E-state index contributed by atoms with van der Waals surface area (Å²) < 4.78 is 8.19. The second kappa shape index (κ2) is 7.85. The summed E-state index contributed by atoms with van der Waals surface area (Å²) in [7, 11) is 0. The Kier molecular flexibility index (Phi) is 5.12. The van der Waals surface area contributed by atoms with Gasteiger partial charge < -0.3 is 9.30 Å². The Morgan fingerprint density at radius 2 is 1.67 bits per heavy atom. The van der Waals surface area contributed by atoms with Gasteiger partial charge in [0, 0.05) is 12.1 Å². The first-order valence-electron chi connectivity index (χ1n) is 9.12. The molecule has 4 aromatic rings. The summed E-state index contributed by atoms with van der Waals surface area (Å²) in [5.74, 6) is 1.84. The number of ether oxygens (including phenoxy) is 1. The fourth-order valence-electron chi connectivity index (χ4n) is 3.27. The summed E-state index contributed by atoms with van der Waals surface area (Å²) >= 11 is 6.44. The quantitative estimate of drug-likeness (QED) is 0.378. The van der Waals surface area contributed by atoms with Crippen LogP contribution in [0.5, 0.6) is 5.75 Å². The van der Waals surface area contributed by atoms with Crippen molar-refractivity contribution in [3.63, 3.8) is 0 Å². The van der Waals surface area contributed by atoms with Gasteiger partial charge in [-0.2, -0.15) is 0 Å². The third-order valence-corrected chi connectivity index (χ3v) is 4.98. The lowest BCUT2D eigenvalue weighted by atomic mass is 10.2. The lowest BCUT2D eigenvalue weighted by Gasteiger charge is -2.12. The Hall–Kier alpha value is -2.78. The van der Waals surface area contributed by atoms with Gasteiger partial charge in [-0.25, -0.2) is 4.98 Å². The van der Waals surface area contributed by atoms with E-state index in [1.807, 2.05) is 60.7 Å². The van der Waals surface area contributed by atoms with Crippen molar-refractivity contribution in [3.8, 4) is 17.1 Å². The Balaban J connectivity index is 1.58. The summed E-state index contributed by atoms with van der Waals surface area (Å²) in [5.41, 5.74) is 4.20. The normalized spacial score (nSPS) is 11.0. The molecule has 0 aliphatic carbocycles. The summed E-state index contributed by atoms with van der Waals surface area (Å²) in [5, 5.41) is 0.713. The smallest absolute Gasteiger partial charge is 0.142 e. The van der Waals surface area contributed by atoms with Gasteiger partial charge in [0.1, 0.15) is 11.6 Å². The molecule has 0 fully saturated rings. The molecule has 3 aromatic carbocycles. The van der Waals surface area contributed by atoms with Gasteiger partial charge >= 0.3 is 0 Å². The van der Waals surface area contributed by atoms with Gasteiger partial charge in [0.15, 0.2) is 0 Å². The zero-order valence-electron chi connectivity index (χ0n) is 15.2. The zero-order valence-corrected chi connectivity index (χ0v) is 16.0. The van der Waals surface area contributed by atoms with Crippen LogP contribution in [0.2, 0.25) is 5.02 Å². The summed E-state index contributed by atoms with van der Waals surface area (Å²) in [6, 6.07) is 24.1. The predicted octanol–water partition coefficient (Wildman–Crippen LogP) is 6.13. The van der Waals surface area contributed by atoms with Crippen LogP contribution >= 0.6 is 11.6 Å². The number of para-hydroxylation sites is 3. The molecule has 27 heavy (non-hydrogen) atoms. The summed E-state index contributed by atoms with van der Waals surface area (Å²) in [6.07, 6.45) is 0.881. The fourth-order valence-corrected chi connectivity index (χ4v) is 3.49. The highest BCUT2D eigenvalue weighted by Gasteiger charge is 2.14. The van der Waals surface area contributed by atoms with E-state index in [1.165, 1.54) is 0 Å². The Labute approximate surface area is 164 Å². The molecule has 0 aliphatic heterocycles. The van der Waals surface area contributed by atoms with Crippen molar-refractivity contribution < 1.29 is 4.74 Å². The topological polar surface area (TPSA) is 27.1 Å². The van der Waals surface area contributed by atoms with E-state index in [0.29, 0.717) is 11.6 Å². The van der Waals surface area contributed by atoms with Crippen LogP contribution in [-0.2, 0) is 6.54 Å². The van der Waals surface area contributed by atoms with Crippen LogP contribution in [0.3, 0.4) is 0 Å². The van der Waals surface area contributed by atoms with Crippen LogP contribution < -0.4 is 4.74 Å². The van der Waals surface area contributed by atoms with Gasteiger partial charge in [-0.05, 0) is 49.2 Å². The van der Waals surface area contributed by atoms with Gasteiger partial charge in [0.05, 0.1) is 22.7 Å². The van der Waals surface area contributed by atoms with E-state index in [9.17, 15) is 0 Å². The molecule has 3 nitrogen and oxygen atoms in total. The van der Waals surface area contributed by atoms with Crippen LogP contribution in [-0.4, -0.2) is 16.2 Å². The van der Waals surface area contributed by atoms with Crippen LogP contribution in [0.1, 0.15) is 12.0 Å². The Morgan fingerprint density at radius 3 is 2.52 bits per heavy atom. The van der Waals surface area contributed by atoms with Crippen molar-refractivity contribution in [1.82, 2.24) is 9.55 Å². The van der Waals surface area contributed by atoms with E-state index in [-0.39, 0.29) is 0 Å². The predicted molar refractivity (Wildman–Crippen MR) is 111 cm³/mol. The SMILES string of the molecule is Cc1ccccc1OCCCn1c(-c2ccccc2Cl)nc2ccccc21. The van der Waals surface area contributed by atoms with Gasteiger partial charge in [0.2, 0.25) is 0 Å². The highest BCUT2D eigenvalue weighted by atomic mass is 35.5. The number of nitrogens with zero attached hydrogens (tertiary/aromatic N) is 2. The maximum Gasteiger partial charge on any atom is 0.142 e. The number of hydrogen-bond donors (Lipinski definition) is 0. The van der Waals surface area contributed by atoms with Crippen LogP contribution in [0.4, 0.5) is 0 Å². The number of aryl methyl sites for hydroxylation is 2. The first kappa shape index (κ1) is 17.6. The van der Waals surface area contributed by atoms with Crippen LogP contribution in [0.15, 0.2) is 72.8 Å². The molecule has 0 saturated carbocycles. The lowest BCUT2D eigenvalue weighted by Crippen LogP contribution is -2.06. The van der Waals surface area contributed by atoms with Crippen molar-refractivity contribution in [2.24, 2.45) is 0 Å². The molecule has 0 bridgehead atoms. The molecule has 1 heterocycles. The Morgan fingerprint density at radius 1 is 0.926 bits per heavy atom. The van der Waals surface area contributed by atoms with Gasteiger partial charge in [-0.3, -0.25) is 0 Å². The first-order chi connectivity index (χ1) is 13.2. The van der Waals surface area contributed by atoms with Crippen molar-refractivity contribution in [3.05, 3.63) is 83.4 Å². The average Bonchev–Trinajstić information content (AvgIpc) is 3.05. The number of fused-ring (bicyclic) bond motifs is 1. The maximum absolute atomic E-state index is 6.44. The first-order valence-corrected chi connectivity index (χ1v) is 9.50. The van der Waals surface area contributed by atoms with Crippen LogP contribution in [0, 0.1) is 6.92 Å². The van der Waals surface area contributed by atoms with E-state index in [4.69, 9.17) is 21.3 Å². The molecule has 0 saturated heterocycles. The standard InChI is InChI=1S/C23H21ClN2O/c1-17-9-2-7-14-22(17)27-16-8-15-26-21-13-6-5-12-20(21)25-23(26)18-10-3-4-11-19(18)24/h2-7,9-14H,8,15-16H2,1H3. The summed E-state index contributed by atoms with van der Waals surface area (Å²) in [6.45, 7) is 3.53. The average molecular weight is 377 g/mol. The number of benzene rings is 3. The molecule has 0 atom stereocenters. The number of rotatable bonds is 6. The van der Waals surface area contributed by atoms with E-state index < -0.39 is 0 Å². The minimum Gasteiger partial charge on any atom is -0.493 e. The number of halogens is 1. The van der Waals surface area contributed by atoms with Crippen molar-refractivity contribution in [2.75, 3.05) is 6.61 Å². The fraction of sp³-hybridized carbons (Fsp3) is 0.174. The molecule has 0 radical (unpaired) electrons. The molecule has 0 spiro atoms. The second-order valence-corrected chi connectivity index (χ2v) is 6.93. The largest absolute Gasteiger partial charge is 0.493 e. The van der Waals surface area contributed by atoms with Crippen molar-refractivity contribution >= 4 is 22.6 Å².